The minimum atomic E-state index is 0.0224. The van der Waals surface area contributed by atoms with Gasteiger partial charge in [-0.05, 0) is 50.3 Å². The van der Waals surface area contributed by atoms with Crippen LogP contribution in [0, 0.1) is 19.8 Å². The van der Waals surface area contributed by atoms with Gasteiger partial charge in [-0.2, -0.15) is 5.10 Å². The second-order valence-electron chi connectivity index (χ2n) is 8.79. The predicted molar refractivity (Wildman–Crippen MR) is 125 cm³/mol. The molecule has 1 heterocycles. The van der Waals surface area contributed by atoms with Crippen LogP contribution in [0.15, 0.2) is 35.3 Å². The quantitative estimate of drug-likeness (QED) is 0.552. The number of rotatable bonds is 6. The molecule has 0 aliphatic heterocycles. The molecule has 0 saturated heterocycles. The summed E-state index contributed by atoms with van der Waals surface area (Å²) in [7, 11) is 3.53. The zero-order valence-corrected chi connectivity index (χ0v) is 19.5. The van der Waals surface area contributed by atoms with Crippen molar-refractivity contribution in [2.75, 3.05) is 20.6 Å². The van der Waals surface area contributed by atoms with Crippen molar-refractivity contribution in [3.63, 3.8) is 0 Å². The highest BCUT2D eigenvalue weighted by Gasteiger charge is 2.22. The van der Waals surface area contributed by atoms with E-state index in [4.69, 9.17) is 4.99 Å². The number of carbonyl (C=O) groups excluding carboxylic acids is 1. The molecule has 2 atom stereocenters. The van der Waals surface area contributed by atoms with Gasteiger partial charge in [0, 0.05) is 25.8 Å². The van der Waals surface area contributed by atoms with Gasteiger partial charge < -0.3 is 15.5 Å². The first-order valence-electron chi connectivity index (χ1n) is 11.2. The van der Waals surface area contributed by atoms with Crippen molar-refractivity contribution in [2.24, 2.45) is 10.9 Å². The van der Waals surface area contributed by atoms with Crippen LogP contribution < -0.4 is 10.6 Å². The lowest BCUT2D eigenvalue weighted by Gasteiger charge is -2.31. The van der Waals surface area contributed by atoms with Crippen LogP contribution in [0.1, 0.15) is 49.6 Å². The Kier molecular flexibility index (Phi) is 7.71. The van der Waals surface area contributed by atoms with E-state index in [2.05, 4.69) is 47.8 Å². The maximum Gasteiger partial charge on any atom is 0.241 e. The summed E-state index contributed by atoms with van der Waals surface area (Å²) in [5.74, 6) is 1.30. The molecule has 2 unspecified atom stereocenters. The molecular formula is C24H36N6O. The molecule has 1 fully saturated rings. The van der Waals surface area contributed by atoms with E-state index < -0.39 is 0 Å². The SMILES string of the molecule is Cc1cc(C)n(-c2ccccc2CN=C(NCC(=O)N(C)C)NC2CCCCC2C)n1. The Morgan fingerprint density at radius 3 is 2.65 bits per heavy atom. The smallest absolute Gasteiger partial charge is 0.241 e. The Hall–Kier alpha value is -2.83. The van der Waals surface area contributed by atoms with Gasteiger partial charge in [-0.3, -0.25) is 4.79 Å². The standard InChI is InChI=1S/C24H36N6O/c1-17-10-6-8-12-21(17)27-24(26-16-23(31)29(4)5)25-15-20-11-7-9-13-22(20)30-19(3)14-18(2)28-30/h7,9,11,13-14,17,21H,6,8,10,12,15-16H2,1-5H3,(H2,25,26,27). The minimum Gasteiger partial charge on any atom is -0.353 e. The zero-order chi connectivity index (χ0) is 22.4. The van der Waals surface area contributed by atoms with E-state index in [9.17, 15) is 4.79 Å². The average Bonchev–Trinajstić information content (AvgIpc) is 3.09. The van der Waals surface area contributed by atoms with Gasteiger partial charge in [-0.1, -0.05) is 38.0 Å². The summed E-state index contributed by atoms with van der Waals surface area (Å²) in [5, 5.41) is 11.5. The first kappa shape index (κ1) is 22.8. The molecule has 31 heavy (non-hydrogen) atoms. The molecule has 168 valence electrons. The molecule has 1 aromatic heterocycles. The van der Waals surface area contributed by atoms with Crippen molar-refractivity contribution in [2.45, 2.75) is 59.0 Å². The molecule has 0 radical (unpaired) electrons. The Morgan fingerprint density at radius 2 is 1.97 bits per heavy atom. The highest BCUT2D eigenvalue weighted by molar-refractivity contribution is 5.86. The van der Waals surface area contributed by atoms with Crippen LogP contribution in [0.5, 0.6) is 0 Å². The van der Waals surface area contributed by atoms with Crippen LogP contribution in [0.2, 0.25) is 0 Å². The molecule has 2 N–H and O–H groups in total. The van der Waals surface area contributed by atoms with Crippen LogP contribution in [0.25, 0.3) is 5.69 Å². The Labute approximate surface area is 185 Å². The number of nitrogens with one attached hydrogen (secondary N) is 2. The van der Waals surface area contributed by atoms with Crippen molar-refractivity contribution in [1.82, 2.24) is 25.3 Å². The average molecular weight is 425 g/mol. The third-order valence-electron chi connectivity index (χ3n) is 5.98. The normalized spacial score (nSPS) is 19.2. The van der Waals surface area contributed by atoms with E-state index >= 15 is 0 Å². The first-order valence-corrected chi connectivity index (χ1v) is 11.2. The third-order valence-corrected chi connectivity index (χ3v) is 5.98. The van der Waals surface area contributed by atoms with Crippen molar-refractivity contribution >= 4 is 11.9 Å². The lowest BCUT2D eigenvalue weighted by Crippen LogP contribution is -2.49. The second-order valence-corrected chi connectivity index (χ2v) is 8.79. The van der Waals surface area contributed by atoms with Crippen molar-refractivity contribution in [1.29, 1.82) is 0 Å². The highest BCUT2D eigenvalue weighted by atomic mass is 16.2. The maximum atomic E-state index is 12.1. The first-order chi connectivity index (χ1) is 14.8. The number of para-hydroxylation sites is 1. The number of aliphatic imine (C=N–C) groups is 1. The lowest BCUT2D eigenvalue weighted by molar-refractivity contribution is -0.127. The monoisotopic (exact) mass is 424 g/mol. The number of guanidine groups is 1. The van der Waals surface area contributed by atoms with E-state index in [1.807, 2.05) is 23.7 Å². The molecule has 7 heteroatoms. The van der Waals surface area contributed by atoms with Crippen LogP contribution in [-0.4, -0.2) is 53.2 Å². The van der Waals surface area contributed by atoms with Gasteiger partial charge in [0.2, 0.25) is 5.91 Å². The zero-order valence-electron chi connectivity index (χ0n) is 19.5. The molecule has 0 bridgehead atoms. The van der Waals surface area contributed by atoms with Crippen molar-refractivity contribution in [3.05, 3.63) is 47.3 Å². The van der Waals surface area contributed by atoms with E-state index in [1.165, 1.54) is 19.3 Å². The molecule has 1 amide bonds. The molecule has 1 aromatic carbocycles. The molecule has 3 rings (SSSR count). The van der Waals surface area contributed by atoms with Crippen molar-refractivity contribution < 1.29 is 4.79 Å². The van der Waals surface area contributed by atoms with E-state index in [1.54, 1.807) is 19.0 Å². The summed E-state index contributed by atoms with van der Waals surface area (Å²) in [4.78, 5) is 18.6. The minimum absolute atomic E-state index is 0.0224. The molecule has 7 nitrogen and oxygen atoms in total. The fourth-order valence-electron chi connectivity index (χ4n) is 4.06. The lowest BCUT2D eigenvalue weighted by atomic mass is 9.86. The number of hydrogen-bond acceptors (Lipinski definition) is 3. The number of benzene rings is 1. The molecule has 1 aliphatic rings. The number of hydrogen-bond donors (Lipinski definition) is 2. The second kappa shape index (κ2) is 10.5. The van der Waals surface area contributed by atoms with Gasteiger partial charge in [0.05, 0.1) is 24.5 Å². The summed E-state index contributed by atoms with van der Waals surface area (Å²) >= 11 is 0. The topological polar surface area (TPSA) is 74.6 Å². The summed E-state index contributed by atoms with van der Waals surface area (Å²) in [6.07, 6.45) is 4.87. The van der Waals surface area contributed by atoms with Crippen molar-refractivity contribution in [3.8, 4) is 5.69 Å². The van der Waals surface area contributed by atoms with Gasteiger partial charge in [-0.15, -0.1) is 0 Å². The van der Waals surface area contributed by atoms with Gasteiger partial charge in [0.1, 0.15) is 0 Å². The number of nitrogens with zero attached hydrogens (tertiary/aromatic N) is 4. The third kappa shape index (κ3) is 6.09. The van der Waals surface area contributed by atoms with Crippen LogP contribution in [0.4, 0.5) is 0 Å². The Balaban J connectivity index is 1.81. The van der Waals surface area contributed by atoms with Crippen LogP contribution >= 0.6 is 0 Å². The highest BCUT2D eigenvalue weighted by Crippen LogP contribution is 2.24. The molecule has 1 aliphatic carbocycles. The number of aryl methyl sites for hydroxylation is 2. The molecular weight excluding hydrogens is 388 g/mol. The van der Waals surface area contributed by atoms with Gasteiger partial charge in [0.25, 0.3) is 0 Å². The van der Waals surface area contributed by atoms with Gasteiger partial charge in [-0.25, -0.2) is 9.67 Å². The number of likely N-dealkylation sites (N-methyl/N-ethyl adjacent to an activating group) is 1. The Bertz CT molecular complexity index is 917. The fourth-order valence-corrected chi connectivity index (χ4v) is 4.06. The summed E-state index contributed by atoms with van der Waals surface area (Å²) in [6, 6.07) is 10.7. The Morgan fingerprint density at radius 1 is 1.23 bits per heavy atom. The molecule has 2 aromatic rings. The summed E-state index contributed by atoms with van der Waals surface area (Å²) in [5.41, 5.74) is 4.21. The fraction of sp³-hybridized carbons (Fsp3) is 0.542. The number of carbonyl (C=O) groups is 1. The van der Waals surface area contributed by atoms with Crippen LogP contribution in [0.3, 0.4) is 0 Å². The summed E-state index contributed by atoms with van der Waals surface area (Å²) < 4.78 is 1.97. The van der Waals surface area contributed by atoms with E-state index in [0.717, 1.165) is 29.1 Å². The number of aromatic nitrogens is 2. The van der Waals surface area contributed by atoms with E-state index in [0.29, 0.717) is 24.5 Å². The maximum absolute atomic E-state index is 12.1. The summed E-state index contributed by atoms with van der Waals surface area (Å²) in [6.45, 7) is 7.08. The predicted octanol–water partition coefficient (Wildman–Crippen LogP) is 3.19. The van der Waals surface area contributed by atoms with E-state index in [-0.39, 0.29) is 12.5 Å². The van der Waals surface area contributed by atoms with Crippen LogP contribution in [-0.2, 0) is 11.3 Å². The number of amides is 1. The van der Waals surface area contributed by atoms with Gasteiger partial charge in [0.15, 0.2) is 5.96 Å². The molecule has 1 saturated carbocycles. The molecule has 0 spiro atoms. The largest absolute Gasteiger partial charge is 0.353 e. The van der Waals surface area contributed by atoms with Gasteiger partial charge >= 0.3 is 0 Å².